The third-order valence-electron chi connectivity index (χ3n) is 2.90. The fourth-order valence-electron chi connectivity index (χ4n) is 1.80. The number of aromatic nitrogens is 1. The van der Waals surface area contributed by atoms with Crippen molar-refractivity contribution in [2.24, 2.45) is 0 Å². The van der Waals surface area contributed by atoms with Crippen LogP contribution in [0.15, 0.2) is 42.6 Å². The van der Waals surface area contributed by atoms with E-state index in [-0.39, 0.29) is 12.2 Å². The van der Waals surface area contributed by atoms with Crippen molar-refractivity contribution in [1.82, 2.24) is 4.98 Å². The Labute approximate surface area is 124 Å². The van der Waals surface area contributed by atoms with E-state index in [9.17, 15) is 18.0 Å². The summed E-state index contributed by atoms with van der Waals surface area (Å²) in [6, 6.07) is 8.81. The minimum absolute atomic E-state index is 0.114. The maximum atomic E-state index is 12.4. The van der Waals surface area contributed by atoms with Gasteiger partial charge < -0.3 is 0 Å². The van der Waals surface area contributed by atoms with Crippen LogP contribution < -0.4 is 0 Å². The third kappa shape index (κ3) is 4.29. The molecule has 0 spiro atoms. The predicted octanol–water partition coefficient (Wildman–Crippen LogP) is 4.57. The van der Waals surface area contributed by atoms with Crippen molar-refractivity contribution in [2.45, 2.75) is 19.0 Å². The van der Waals surface area contributed by atoms with Gasteiger partial charge >= 0.3 is 6.18 Å². The minimum atomic E-state index is -4.45. The summed E-state index contributed by atoms with van der Waals surface area (Å²) >= 11 is 5.80. The number of hydrogen-bond acceptors (Lipinski definition) is 2. The lowest BCUT2D eigenvalue weighted by atomic mass is 10.0. The van der Waals surface area contributed by atoms with E-state index in [2.05, 4.69) is 4.98 Å². The highest BCUT2D eigenvalue weighted by Crippen LogP contribution is 2.27. The molecule has 2 rings (SSSR count). The molecule has 21 heavy (non-hydrogen) atoms. The fraction of sp³-hybridized carbons (Fsp3) is 0.200. The quantitative estimate of drug-likeness (QED) is 0.774. The van der Waals surface area contributed by atoms with Crippen LogP contribution in [0, 0.1) is 0 Å². The Morgan fingerprint density at radius 3 is 2.52 bits per heavy atom. The Morgan fingerprint density at radius 1 is 1.19 bits per heavy atom. The van der Waals surface area contributed by atoms with Gasteiger partial charge in [0.1, 0.15) is 5.69 Å². The predicted molar refractivity (Wildman–Crippen MR) is 73.3 cm³/mol. The van der Waals surface area contributed by atoms with Crippen molar-refractivity contribution < 1.29 is 18.0 Å². The first-order valence-electron chi connectivity index (χ1n) is 6.17. The highest BCUT2D eigenvalue weighted by Gasteiger charge is 2.31. The molecule has 110 valence electrons. The zero-order chi connectivity index (χ0) is 15.5. The van der Waals surface area contributed by atoms with Gasteiger partial charge in [-0.3, -0.25) is 9.78 Å². The van der Waals surface area contributed by atoms with Gasteiger partial charge in [0.25, 0.3) is 0 Å². The van der Waals surface area contributed by atoms with E-state index in [4.69, 9.17) is 11.6 Å². The van der Waals surface area contributed by atoms with Gasteiger partial charge in [0, 0.05) is 23.2 Å². The molecular weight excluding hydrogens is 303 g/mol. The average molecular weight is 314 g/mol. The van der Waals surface area contributed by atoms with Crippen LogP contribution in [0.25, 0.3) is 0 Å². The molecule has 0 atom stereocenters. The summed E-state index contributed by atoms with van der Waals surface area (Å²) in [7, 11) is 0. The number of nitrogens with zero attached hydrogens (tertiary/aromatic N) is 1. The number of carbonyl (C=O) groups is 1. The Balaban J connectivity index is 1.98. The van der Waals surface area contributed by atoms with Gasteiger partial charge in [-0.25, -0.2) is 0 Å². The van der Waals surface area contributed by atoms with E-state index >= 15 is 0 Å². The Kier molecular flexibility index (Phi) is 4.63. The van der Waals surface area contributed by atoms with Gasteiger partial charge in [-0.2, -0.15) is 13.2 Å². The number of pyridine rings is 1. The largest absolute Gasteiger partial charge is 0.433 e. The van der Waals surface area contributed by atoms with Crippen LogP contribution in [0.1, 0.15) is 28.0 Å². The Hall–Kier alpha value is -1.88. The van der Waals surface area contributed by atoms with E-state index in [1.165, 1.54) is 6.07 Å². The molecule has 0 saturated carbocycles. The summed E-state index contributed by atoms with van der Waals surface area (Å²) in [5.41, 5.74) is 0.133. The summed E-state index contributed by atoms with van der Waals surface area (Å²) in [4.78, 5) is 15.3. The number of alkyl halides is 3. The highest BCUT2D eigenvalue weighted by atomic mass is 35.5. The molecule has 1 aromatic carbocycles. The molecule has 2 aromatic rings. The first kappa shape index (κ1) is 15.5. The third-order valence-corrected chi connectivity index (χ3v) is 3.14. The van der Waals surface area contributed by atoms with Crippen LogP contribution in [0.4, 0.5) is 13.2 Å². The Bertz CT molecular complexity index is 638. The molecule has 1 aromatic heterocycles. The molecule has 0 unspecified atom stereocenters. The summed E-state index contributed by atoms with van der Waals surface area (Å²) in [6.45, 7) is 0. The number of ketones is 1. The number of Topliss-reactive ketones (excluding diaryl/α,β-unsaturated/α-hetero) is 1. The van der Waals surface area contributed by atoms with E-state index in [1.54, 1.807) is 24.3 Å². The number of rotatable bonds is 4. The number of halogens is 4. The van der Waals surface area contributed by atoms with Crippen LogP contribution in [0.5, 0.6) is 0 Å². The lowest BCUT2D eigenvalue weighted by Gasteiger charge is -2.06. The molecule has 0 amide bonds. The van der Waals surface area contributed by atoms with Crippen LogP contribution in [0.2, 0.25) is 5.02 Å². The van der Waals surface area contributed by atoms with Gasteiger partial charge in [0.05, 0.1) is 0 Å². The van der Waals surface area contributed by atoms with Crippen molar-refractivity contribution in [3.63, 3.8) is 0 Å². The molecule has 0 aliphatic rings. The SMILES string of the molecule is O=C(CCc1ccc(C(F)(F)F)nc1)c1cccc(Cl)c1. The molecule has 0 radical (unpaired) electrons. The lowest BCUT2D eigenvalue weighted by Crippen LogP contribution is -2.08. The molecule has 0 fully saturated rings. The molecule has 1 heterocycles. The van der Waals surface area contributed by atoms with Crippen LogP contribution >= 0.6 is 11.6 Å². The van der Waals surface area contributed by atoms with Gasteiger partial charge in [0.2, 0.25) is 0 Å². The Morgan fingerprint density at radius 2 is 1.95 bits per heavy atom. The summed E-state index contributed by atoms with van der Waals surface area (Å²) < 4.78 is 37.1. The average Bonchev–Trinajstić information content (AvgIpc) is 2.44. The first-order valence-corrected chi connectivity index (χ1v) is 6.55. The van der Waals surface area contributed by atoms with Crippen LogP contribution in [-0.4, -0.2) is 10.8 Å². The van der Waals surface area contributed by atoms with Crippen molar-refractivity contribution in [3.05, 3.63) is 64.4 Å². The highest BCUT2D eigenvalue weighted by molar-refractivity contribution is 6.31. The van der Waals surface area contributed by atoms with Gasteiger partial charge in [-0.1, -0.05) is 29.8 Å². The first-order chi connectivity index (χ1) is 9.86. The van der Waals surface area contributed by atoms with Gasteiger partial charge in [-0.05, 0) is 30.2 Å². The number of aryl methyl sites for hydroxylation is 1. The van der Waals surface area contributed by atoms with Gasteiger partial charge in [0.15, 0.2) is 5.78 Å². The van der Waals surface area contributed by atoms with Crippen LogP contribution in [0.3, 0.4) is 0 Å². The number of benzene rings is 1. The van der Waals surface area contributed by atoms with E-state index in [1.807, 2.05) is 0 Å². The minimum Gasteiger partial charge on any atom is -0.294 e. The lowest BCUT2D eigenvalue weighted by molar-refractivity contribution is -0.141. The van der Waals surface area contributed by atoms with E-state index in [0.29, 0.717) is 22.6 Å². The number of carbonyl (C=O) groups excluding carboxylic acids is 1. The molecule has 0 aliphatic carbocycles. The maximum absolute atomic E-state index is 12.4. The standard InChI is InChI=1S/C15H11ClF3NO/c16-12-3-1-2-11(8-12)13(21)6-4-10-5-7-14(20-9-10)15(17,18)19/h1-3,5,7-9H,4,6H2. The normalized spacial score (nSPS) is 11.4. The smallest absolute Gasteiger partial charge is 0.294 e. The molecule has 0 bridgehead atoms. The second-order valence-corrected chi connectivity index (χ2v) is 4.92. The maximum Gasteiger partial charge on any atom is 0.433 e. The molecule has 0 saturated heterocycles. The van der Waals surface area contributed by atoms with Crippen molar-refractivity contribution >= 4 is 17.4 Å². The van der Waals surface area contributed by atoms with E-state index in [0.717, 1.165) is 12.3 Å². The van der Waals surface area contributed by atoms with Crippen LogP contribution in [-0.2, 0) is 12.6 Å². The topological polar surface area (TPSA) is 30.0 Å². The second-order valence-electron chi connectivity index (χ2n) is 4.48. The zero-order valence-electron chi connectivity index (χ0n) is 10.8. The molecule has 2 nitrogen and oxygen atoms in total. The van der Waals surface area contributed by atoms with Crippen molar-refractivity contribution in [1.29, 1.82) is 0 Å². The second kappa shape index (κ2) is 6.26. The van der Waals surface area contributed by atoms with Crippen molar-refractivity contribution in [3.8, 4) is 0 Å². The number of hydrogen-bond donors (Lipinski definition) is 0. The summed E-state index contributed by atoms with van der Waals surface area (Å²) in [5.74, 6) is -0.114. The molecule has 0 N–H and O–H groups in total. The zero-order valence-corrected chi connectivity index (χ0v) is 11.6. The summed E-state index contributed by atoms with van der Waals surface area (Å²) in [6.07, 6.45) is -2.78. The monoisotopic (exact) mass is 313 g/mol. The van der Waals surface area contributed by atoms with E-state index < -0.39 is 11.9 Å². The van der Waals surface area contributed by atoms with Crippen molar-refractivity contribution in [2.75, 3.05) is 0 Å². The molecule has 0 aliphatic heterocycles. The summed E-state index contributed by atoms with van der Waals surface area (Å²) in [5, 5.41) is 0.469. The molecular formula is C15H11ClF3NO. The molecule has 6 heteroatoms. The fourth-order valence-corrected chi connectivity index (χ4v) is 1.99. The van der Waals surface area contributed by atoms with Gasteiger partial charge in [-0.15, -0.1) is 0 Å².